The van der Waals surface area contributed by atoms with E-state index in [4.69, 9.17) is 18.9 Å². The maximum absolute atomic E-state index is 5.34. The molecule has 0 heterocycles. The van der Waals surface area contributed by atoms with Crippen LogP contribution < -0.4 is 0 Å². The van der Waals surface area contributed by atoms with Crippen LogP contribution in [-0.2, 0) is 18.9 Å². The van der Waals surface area contributed by atoms with Crippen LogP contribution >= 0.6 is 0 Å². The molecule has 0 amide bonds. The van der Waals surface area contributed by atoms with Gasteiger partial charge in [0, 0.05) is 28.4 Å². The zero-order valence-electron chi connectivity index (χ0n) is 14.7. The number of hydrogen-bond acceptors (Lipinski definition) is 4. The summed E-state index contributed by atoms with van der Waals surface area (Å²) in [7, 11) is 5.89. The number of rotatable bonds is 10. The summed E-state index contributed by atoms with van der Waals surface area (Å²) in [4.78, 5) is 0. The van der Waals surface area contributed by atoms with Gasteiger partial charge in [0.2, 0.25) is 0 Å². The Hall–Kier alpha value is -0.506. The van der Waals surface area contributed by atoms with Crippen molar-refractivity contribution in [3.8, 4) is 0 Å². The van der Waals surface area contributed by atoms with Crippen LogP contribution in [0.2, 0.25) is 0 Å². The Bertz CT molecular complexity index is 366. The Morgan fingerprint density at radius 1 is 0.636 bits per heavy atom. The molecule has 6 heteroatoms. The van der Waals surface area contributed by atoms with Crippen LogP contribution in [0, 0.1) is 0 Å². The molecule has 22 heavy (non-hydrogen) atoms. The summed E-state index contributed by atoms with van der Waals surface area (Å²) in [6.45, 7) is 4.52. The van der Waals surface area contributed by atoms with Gasteiger partial charge in [0.1, 0.15) is 11.8 Å². The first-order valence-electron chi connectivity index (χ1n) is 7.76. The van der Waals surface area contributed by atoms with Gasteiger partial charge in [-0.05, 0) is 22.2 Å². The lowest BCUT2D eigenvalue weighted by molar-refractivity contribution is -0.0448. The first-order valence-corrected chi connectivity index (χ1v) is 11.0. The van der Waals surface area contributed by atoms with Gasteiger partial charge in [-0.1, -0.05) is 38.1 Å². The second-order valence-electron chi connectivity index (χ2n) is 5.74. The smallest absolute Gasteiger partial charge is 0.134 e. The summed E-state index contributed by atoms with van der Waals surface area (Å²) < 4.78 is 21.4. The Labute approximate surface area is 139 Å². The van der Waals surface area contributed by atoms with E-state index in [2.05, 4.69) is 38.1 Å². The third-order valence-electron chi connectivity index (χ3n) is 4.22. The second kappa shape index (κ2) is 10.3. The fourth-order valence-electron chi connectivity index (χ4n) is 2.58. The Balaban J connectivity index is 2.65. The lowest BCUT2D eigenvalue weighted by Gasteiger charge is -2.20. The van der Waals surface area contributed by atoms with Gasteiger partial charge in [0.05, 0.1) is 19.0 Å². The molecular formula is C16H30O4Si2. The average Bonchev–Trinajstić information content (AvgIpc) is 2.57. The zero-order chi connectivity index (χ0) is 16.5. The largest absolute Gasteiger partial charge is 0.360 e. The Morgan fingerprint density at radius 3 is 1.14 bits per heavy atom. The molecule has 0 bridgehead atoms. The van der Waals surface area contributed by atoms with Gasteiger partial charge in [-0.15, -0.1) is 0 Å². The average molecular weight is 343 g/mol. The highest BCUT2D eigenvalue weighted by molar-refractivity contribution is 6.39. The summed E-state index contributed by atoms with van der Waals surface area (Å²) in [6.07, 6.45) is 0. The molecule has 2 unspecified atom stereocenters. The minimum atomic E-state index is -0.482. The van der Waals surface area contributed by atoms with Crippen molar-refractivity contribution in [2.45, 2.75) is 36.8 Å². The van der Waals surface area contributed by atoms with Crippen LogP contribution in [0.5, 0.6) is 0 Å². The van der Waals surface area contributed by atoms with Crippen LogP contribution in [0.25, 0.3) is 0 Å². The molecule has 4 nitrogen and oxygen atoms in total. The van der Waals surface area contributed by atoms with Crippen molar-refractivity contribution in [1.29, 1.82) is 0 Å². The van der Waals surface area contributed by atoms with Crippen LogP contribution in [0.1, 0.15) is 36.1 Å². The maximum Gasteiger partial charge on any atom is 0.134 e. The molecule has 0 spiro atoms. The van der Waals surface area contributed by atoms with E-state index in [-0.39, 0.29) is 11.8 Å². The van der Waals surface area contributed by atoms with Gasteiger partial charge >= 0.3 is 0 Å². The lowest BCUT2D eigenvalue weighted by atomic mass is 10.1. The minimum absolute atomic E-state index is 0.00910. The molecule has 0 saturated heterocycles. The van der Waals surface area contributed by atoms with E-state index in [1.54, 1.807) is 28.4 Å². The van der Waals surface area contributed by atoms with Gasteiger partial charge in [-0.3, -0.25) is 0 Å². The molecule has 0 N–H and O–H groups in total. The van der Waals surface area contributed by atoms with Crippen molar-refractivity contribution in [3.63, 3.8) is 0 Å². The molecule has 1 rings (SSSR count). The molecule has 126 valence electrons. The van der Waals surface area contributed by atoms with Gasteiger partial charge in [-0.25, -0.2) is 0 Å². The van der Waals surface area contributed by atoms with Crippen LogP contribution in [-0.4, -0.2) is 59.3 Å². The Morgan fingerprint density at radius 2 is 0.909 bits per heavy atom. The Kier molecular flexibility index (Phi) is 9.15. The normalized spacial score (nSPS) is 15.6. The third-order valence-corrected chi connectivity index (χ3v) is 8.68. The third kappa shape index (κ3) is 5.94. The van der Waals surface area contributed by atoms with E-state index in [9.17, 15) is 0 Å². The molecule has 0 saturated carbocycles. The number of ether oxygens (including phenoxy) is 4. The fraction of sp³-hybridized carbons (Fsp3) is 0.625. The standard InChI is InChI=1S/C16H30O4Si2/c1-11(21-15(17-3)18-4)13-7-9-14(10-8-13)12(2)22-16(19-5)20-6/h7-12,15-16H,21-22H2,1-6H3. The number of hydrogen-bond donors (Lipinski definition) is 0. The van der Waals surface area contributed by atoms with E-state index in [0.717, 1.165) is 0 Å². The van der Waals surface area contributed by atoms with Crippen molar-refractivity contribution >= 4 is 19.0 Å². The molecule has 0 aliphatic rings. The van der Waals surface area contributed by atoms with Crippen LogP contribution in [0.3, 0.4) is 0 Å². The lowest BCUT2D eigenvalue weighted by Crippen LogP contribution is -2.26. The molecule has 0 fully saturated rings. The SMILES string of the molecule is COC(OC)[SiH2]C(C)c1ccc(C(C)[SiH2]C(OC)OC)cc1. The summed E-state index contributed by atoms with van der Waals surface area (Å²) in [5, 5.41) is 0. The van der Waals surface area contributed by atoms with E-state index < -0.39 is 19.0 Å². The van der Waals surface area contributed by atoms with Gasteiger partial charge in [-0.2, -0.15) is 0 Å². The second-order valence-corrected chi connectivity index (χ2v) is 10.5. The highest BCUT2D eigenvalue weighted by Gasteiger charge is 2.17. The molecule has 2 atom stereocenters. The molecular weight excluding hydrogens is 312 g/mol. The molecule has 0 radical (unpaired) electrons. The summed E-state index contributed by atoms with van der Waals surface area (Å²) in [5.41, 5.74) is 3.83. The van der Waals surface area contributed by atoms with Crippen molar-refractivity contribution in [2.75, 3.05) is 28.4 Å². The molecule has 1 aromatic carbocycles. The first-order chi connectivity index (χ1) is 10.5. The van der Waals surface area contributed by atoms with Crippen molar-refractivity contribution < 1.29 is 18.9 Å². The topological polar surface area (TPSA) is 36.9 Å². The van der Waals surface area contributed by atoms with Crippen molar-refractivity contribution in [3.05, 3.63) is 35.4 Å². The van der Waals surface area contributed by atoms with Crippen LogP contribution in [0.15, 0.2) is 24.3 Å². The quantitative estimate of drug-likeness (QED) is 0.474. The fourth-order valence-corrected chi connectivity index (χ4v) is 5.59. The molecule has 1 aromatic rings. The van der Waals surface area contributed by atoms with Gasteiger partial charge in [0.25, 0.3) is 0 Å². The van der Waals surface area contributed by atoms with Gasteiger partial charge < -0.3 is 18.9 Å². The van der Waals surface area contributed by atoms with Gasteiger partial charge in [0.15, 0.2) is 0 Å². The molecule has 0 aliphatic heterocycles. The highest BCUT2D eigenvalue weighted by Crippen LogP contribution is 2.21. The van der Waals surface area contributed by atoms with E-state index in [0.29, 0.717) is 11.1 Å². The summed E-state index contributed by atoms with van der Waals surface area (Å²) in [6, 6.07) is 8.98. The van der Waals surface area contributed by atoms with Crippen molar-refractivity contribution in [1.82, 2.24) is 0 Å². The molecule has 0 aliphatic carbocycles. The predicted molar refractivity (Wildman–Crippen MR) is 96.0 cm³/mol. The number of methoxy groups -OCH3 is 4. The zero-order valence-corrected chi connectivity index (χ0v) is 17.5. The predicted octanol–water partition coefficient (Wildman–Crippen LogP) is 1.30. The molecule has 0 aromatic heterocycles. The van der Waals surface area contributed by atoms with E-state index in [1.807, 2.05) is 0 Å². The minimum Gasteiger partial charge on any atom is -0.360 e. The monoisotopic (exact) mass is 342 g/mol. The van der Waals surface area contributed by atoms with E-state index >= 15 is 0 Å². The maximum atomic E-state index is 5.34. The summed E-state index contributed by atoms with van der Waals surface area (Å²) in [5.74, 6) is -0.0182. The number of benzene rings is 1. The highest BCUT2D eigenvalue weighted by atomic mass is 28.2. The van der Waals surface area contributed by atoms with Crippen LogP contribution in [0.4, 0.5) is 0 Å². The van der Waals surface area contributed by atoms with E-state index in [1.165, 1.54) is 11.1 Å². The summed E-state index contributed by atoms with van der Waals surface area (Å²) >= 11 is 0. The van der Waals surface area contributed by atoms with Crippen molar-refractivity contribution in [2.24, 2.45) is 0 Å². The first kappa shape index (κ1) is 19.5.